The molecule has 0 heterocycles. The van der Waals surface area contributed by atoms with Crippen molar-refractivity contribution in [3.63, 3.8) is 0 Å². The maximum absolute atomic E-state index is 11.8. The van der Waals surface area contributed by atoms with Crippen LogP contribution in [-0.4, -0.2) is 29.4 Å². The Hall–Kier alpha value is -1.21. The van der Waals surface area contributed by atoms with Gasteiger partial charge in [-0.3, -0.25) is 0 Å². The molecule has 1 N–H and O–H groups in total. The number of hydrogen-bond acceptors (Lipinski definition) is 3. The fourth-order valence-electron chi connectivity index (χ4n) is 1.69. The largest absolute Gasteiger partial charge is 0.444 e. The lowest BCUT2D eigenvalue weighted by molar-refractivity contribution is -0.0380. The van der Waals surface area contributed by atoms with Gasteiger partial charge in [0.2, 0.25) is 0 Å². The van der Waals surface area contributed by atoms with Crippen molar-refractivity contribution < 1.29 is 14.3 Å². The topological polar surface area (TPSA) is 47.6 Å². The number of amides is 1. The summed E-state index contributed by atoms with van der Waals surface area (Å²) in [5, 5.41) is 2.87. The van der Waals surface area contributed by atoms with Crippen LogP contribution in [0.2, 0.25) is 0 Å². The molecule has 1 atom stereocenters. The molecular weight excluding hydrogens is 266 g/mol. The van der Waals surface area contributed by atoms with E-state index in [4.69, 9.17) is 15.9 Å². The molecule has 0 fully saturated rings. The van der Waals surface area contributed by atoms with Crippen molar-refractivity contribution in [2.75, 3.05) is 6.61 Å². The summed E-state index contributed by atoms with van der Waals surface area (Å²) in [5.41, 5.74) is -1.19. The summed E-state index contributed by atoms with van der Waals surface area (Å²) in [7, 11) is 0. The number of nitrogens with one attached hydrogen (secondary N) is 1. The minimum absolute atomic E-state index is 0.295. The quantitative estimate of drug-likeness (QED) is 0.725. The van der Waals surface area contributed by atoms with E-state index in [1.165, 1.54) is 0 Å². The highest BCUT2D eigenvalue weighted by Crippen LogP contribution is 2.21. The Bertz CT molecular complexity index is 376. The zero-order valence-corrected chi connectivity index (χ0v) is 14.6. The Balaban J connectivity index is 4.31. The summed E-state index contributed by atoms with van der Waals surface area (Å²) in [4.78, 5) is 11.8. The number of carbonyl (C=O) groups is 1. The first-order valence-corrected chi connectivity index (χ1v) is 7.52. The van der Waals surface area contributed by atoms with Gasteiger partial charge in [0, 0.05) is 18.6 Å². The van der Waals surface area contributed by atoms with Gasteiger partial charge in [-0.25, -0.2) is 4.79 Å². The van der Waals surface area contributed by atoms with Gasteiger partial charge in [-0.15, -0.1) is 12.3 Å². The van der Waals surface area contributed by atoms with Gasteiger partial charge in [0.1, 0.15) is 5.60 Å². The number of alkyl carbamates (subject to hydrolysis) is 1. The Morgan fingerprint density at radius 3 is 2.19 bits per heavy atom. The molecule has 0 saturated heterocycles. The fraction of sp³-hybridized carbons (Fsp3) is 0.824. The molecule has 4 heteroatoms. The van der Waals surface area contributed by atoms with Crippen LogP contribution < -0.4 is 5.32 Å². The Labute approximate surface area is 130 Å². The van der Waals surface area contributed by atoms with Crippen LogP contribution in [0.1, 0.15) is 67.7 Å². The van der Waals surface area contributed by atoms with Crippen LogP contribution in [0.3, 0.4) is 0 Å². The molecule has 0 aromatic heterocycles. The van der Waals surface area contributed by atoms with Crippen molar-refractivity contribution >= 4 is 6.09 Å². The second-order valence-electron chi connectivity index (χ2n) is 7.29. The van der Waals surface area contributed by atoms with E-state index in [-0.39, 0.29) is 5.60 Å². The lowest BCUT2D eigenvalue weighted by Crippen LogP contribution is -2.46. The zero-order chi connectivity index (χ0) is 16.7. The summed E-state index contributed by atoms with van der Waals surface area (Å²) >= 11 is 0. The molecule has 0 radical (unpaired) electrons. The minimum Gasteiger partial charge on any atom is -0.444 e. The molecule has 0 aromatic carbocycles. The average molecular weight is 297 g/mol. The third kappa shape index (κ3) is 9.36. The molecule has 1 unspecified atom stereocenters. The molecule has 1 amide bonds. The highest BCUT2D eigenvalue weighted by molar-refractivity contribution is 5.68. The van der Waals surface area contributed by atoms with E-state index in [1.807, 2.05) is 41.5 Å². The standard InChI is InChI=1S/C17H31NO3/c1-9-11-17(8,10-2)20-13-12-16(6,7)18-14(19)21-15(3,4)5/h1H,10-13H2,2-8H3,(H,18,19). The summed E-state index contributed by atoms with van der Waals surface area (Å²) in [5.74, 6) is 2.65. The van der Waals surface area contributed by atoms with Crippen molar-refractivity contribution in [1.29, 1.82) is 0 Å². The second kappa shape index (κ2) is 7.70. The fourth-order valence-corrected chi connectivity index (χ4v) is 1.69. The number of rotatable bonds is 7. The lowest BCUT2D eigenvalue weighted by Gasteiger charge is -2.31. The van der Waals surface area contributed by atoms with E-state index in [0.29, 0.717) is 19.4 Å². The molecule has 0 aliphatic carbocycles. The van der Waals surface area contributed by atoms with Crippen LogP contribution in [0.25, 0.3) is 0 Å². The van der Waals surface area contributed by atoms with Gasteiger partial charge in [-0.05, 0) is 54.4 Å². The SMILES string of the molecule is C#CCC(C)(CC)OCCC(C)(C)NC(=O)OC(C)(C)C. The molecule has 122 valence electrons. The maximum atomic E-state index is 11.8. The number of carbonyl (C=O) groups excluding carboxylic acids is 1. The van der Waals surface area contributed by atoms with Crippen molar-refractivity contribution in [3.05, 3.63) is 0 Å². The highest BCUT2D eigenvalue weighted by Gasteiger charge is 2.27. The van der Waals surface area contributed by atoms with Gasteiger partial charge < -0.3 is 14.8 Å². The van der Waals surface area contributed by atoms with Crippen LogP contribution in [0, 0.1) is 12.3 Å². The molecule has 21 heavy (non-hydrogen) atoms. The number of hydrogen-bond donors (Lipinski definition) is 1. The predicted octanol–water partition coefficient (Wildman–Crippen LogP) is 3.89. The first-order valence-electron chi connectivity index (χ1n) is 7.52. The second-order valence-corrected chi connectivity index (χ2v) is 7.29. The van der Waals surface area contributed by atoms with E-state index in [2.05, 4.69) is 18.2 Å². The zero-order valence-electron chi connectivity index (χ0n) is 14.6. The molecule has 0 aromatic rings. The Morgan fingerprint density at radius 2 is 1.76 bits per heavy atom. The average Bonchev–Trinajstić information content (AvgIpc) is 2.25. The van der Waals surface area contributed by atoms with E-state index in [1.54, 1.807) is 0 Å². The first kappa shape index (κ1) is 19.8. The molecule has 0 saturated carbocycles. The van der Waals surface area contributed by atoms with Crippen LogP contribution >= 0.6 is 0 Å². The van der Waals surface area contributed by atoms with Crippen LogP contribution in [0.4, 0.5) is 4.79 Å². The van der Waals surface area contributed by atoms with Gasteiger partial charge in [0.15, 0.2) is 0 Å². The third-order valence-electron chi connectivity index (χ3n) is 3.24. The predicted molar refractivity (Wildman–Crippen MR) is 86.2 cm³/mol. The highest BCUT2D eigenvalue weighted by atomic mass is 16.6. The Kier molecular flexibility index (Phi) is 7.26. The van der Waals surface area contributed by atoms with E-state index < -0.39 is 17.2 Å². The maximum Gasteiger partial charge on any atom is 0.408 e. The smallest absolute Gasteiger partial charge is 0.408 e. The monoisotopic (exact) mass is 297 g/mol. The third-order valence-corrected chi connectivity index (χ3v) is 3.24. The molecule has 4 nitrogen and oxygen atoms in total. The van der Waals surface area contributed by atoms with Gasteiger partial charge in [0.05, 0.1) is 5.60 Å². The number of terminal acetylenes is 1. The van der Waals surface area contributed by atoms with Gasteiger partial charge >= 0.3 is 6.09 Å². The van der Waals surface area contributed by atoms with Crippen LogP contribution in [0.5, 0.6) is 0 Å². The van der Waals surface area contributed by atoms with E-state index in [0.717, 1.165) is 6.42 Å². The molecule has 0 spiro atoms. The molecule has 0 bridgehead atoms. The lowest BCUT2D eigenvalue weighted by atomic mass is 9.98. The summed E-state index contributed by atoms with van der Waals surface area (Å²) < 4.78 is 11.2. The van der Waals surface area contributed by atoms with Crippen molar-refractivity contribution in [1.82, 2.24) is 5.32 Å². The van der Waals surface area contributed by atoms with Gasteiger partial charge in [-0.2, -0.15) is 0 Å². The normalized spacial score (nSPS) is 15.0. The van der Waals surface area contributed by atoms with Gasteiger partial charge in [0.25, 0.3) is 0 Å². The summed E-state index contributed by atoms with van der Waals surface area (Å²) in [6.07, 6.45) is 7.09. The van der Waals surface area contributed by atoms with Gasteiger partial charge in [-0.1, -0.05) is 6.92 Å². The van der Waals surface area contributed by atoms with E-state index in [9.17, 15) is 4.79 Å². The summed E-state index contributed by atoms with van der Waals surface area (Å²) in [6, 6.07) is 0. The molecule has 0 aliphatic rings. The van der Waals surface area contributed by atoms with Crippen LogP contribution in [0.15, 0.2) is 0 Å². The molecular formula is C17H31NO3. The number of ether oxygens (including phenoxy) is 2. The molecule has 0 rings (SSSR count). The first-order chi connectivity index (χ1) is 9.43. The van der Waals surface area contributed by atoms with Crippen molar-refractivity contribution in [2.45, 2.75) is 84.5 Å². The molecule has 0 aliphatic heterocycles. The van der Waals surface area contributed by atoms with Crippen LogP contribution in [-0.2, 0) is 9.47 Å². The minimum atomic E-state index is -0.496. The van der Waals surface area contributed by atoms with Crippen molar-refractivity contribution in [3.8, 4) is 12.3 Å². The Morgan fingerprint density at radius 1 is 1.19 bits per heavy atom. The van der Waals surface area contributed by atoms with Crippen molar-refractivity contribution in [2.24, 2.45) is 0 Å². The summed E-state index contributed by atoms with van der Waals surface area (Å²) in [6.45, 7) is 14.0. The van der Waals surface area contributed by atoms with E-state index >= 15 is 0 Å².